The Bertz CT molecular complexity index is 265. The molecule has 92 valence electrons. The van der Waals surface area contributed by atoms with E-state index in [9.17, 15) is 4.21 Å². The molecule has 3 heteroatoms. The topological polar surface area (TPSA) is 26.3 Å². The number of allylic oxidation sites excluding steroid dienone is 1. The maximum Gasteiger partial charge on any atom is 0.0876 e. The van der Waals surface area contributed by atoms with Crippen molar-refractivity contribution in [2.45, 2.75) is 44.9 Å². The van der Waals surface area contributed by atoms with Gasteiger partial charge >= 0.3 is 0 Å². The summed E-state index contributed by atoms with van der Waals surface area (Å²) in [4.78, 5) is 0. The van der Waals surface area contributed by atoms with E-state index >= 15 is 0 Å². The van der Waals surface area contributed by atoms with Gasteiger partial charge in [0.05, 0.1) is 12.9 Å². The predicted octanol–water partition coefficient (Wildman–Crippen LogP) is 3.01. The maximum atomic E-state index is 11.4. The number of hydrogen-bond acceptors (Lipinski definition) is 2. The van der Waals surface area contributed by atoms with Gasteiger partial charge in [-0.2, -0.15) is 0 Å². The molecule has 0 amide bonds. The monoisotopic (exact) mass is 242 g/mol. The molecule has 1 saturated carbocycles. The molecule has 0 aromatic carbocycles. The zero-order valence-electron chi connectivity index (χ0n) is 9.95. The first-order valence-corrected chi connectivity index (χ1v) is 7.98. The van der Waals surface area contributed by atoms with Crippen molar-refractivity contribution in [1.29, 1.82) is 0 Å². The second kappa shape index (κ2) is 6.43. The lowest BCUT2D eigenvalue weighted by atomic mass is 10.0. The summed E-state index contributed by atoms with van der Waals surface area (Å²) in [7, 11) is -0.549. The van der Waals surface area contributed by atoms with Crippen LogP contribution in [0.3, 0.4) is 0 Å². The summed E-state index contributed by atoms with van der Waals surface area (Å²) in [5, 5.41) is 0. The van der Waals surface area contributed by atoms with Gasteiger partial charge in [0.2, 0.25) is 0 Å². The first-order valence-electron chi connectivity index (χ1n) is 6.49. The summed E-state index contributed by atoms with van der Waals surface area (Å²) in [6, 6.07) is 0. The van der Waals surface area contributed by atoms with E-state index in [0.29, 0.717) is 5.92 Å². The molecular weight excluding hydrogens is 220 g/mol. The van der Waals surface area contributed by atoms with Crippen LogP contribution in [0.2, 0.25) is 0 Å². The smallest absolute Gasteiger partial charge is 0.0876 e. The van der Waals surface area contributed by atoms with Crippen molar-refractivity contribution in [3.8, 4) is 0 Å². The minimum atomic E-state index is -0.549. The summed E-state index contributed by atoms with van der Waals surface area (Å²) in [6.45, 7) is 0.811. The van der Waals surface area contributed by atoms with Crippen LogP contribution in [-0.2, 0) is 15.5 Å². The molecule has 0 radical (unpaired) electrons. The Morgan fingerprint density at radius 1 is 1.31 bits per heavy atom. The average Bonchev–Trinajstić information content (AvgIpc) is 2.77. The SMILES string of the molecule is O=S1CCCC(CCOC=C2CCCC2)C1. The largest absolute Gasteiger partial charge is 0.501 e. The lowest BCUT2D eigenvalue weighted by Crippen LogP contribution is -2.21. The van der Waals surface area contributed by atoms with E-state index in [1.165, 1.54) is 37.7 Å². The Kier molecular flexibility index (Phi) is 4.89. The fourth-order valence-electron chi connectivity index (χ4n) is 2.55. The maximum absolute atomic E-state index is 11.4. The fraction of sp³-hybridized carbons (Fsp3) is 0.846. The molecule has 0 aromatic rings. The molecule has 2 aliphatic rings. The molecule has 1 heterocycles. The Morgan fingerprint density at radius 2 is 2.12 bits per heavy atom. The van der Waals surface area contributed by atoms with Gasteiger partial charge in [-0.15, -0.1) is 0 Å². The van der Waals surface area contributed by atoms with E-state index in [1.54, 1.807) is 0 Å². The van der Waals surface area contributed by atoms with Crippen molar-refractivity contribution >= 4 is 10.8 Å². The zero-order chi connectivity index (χ0) is 11.2. The van der Waals surface area contributed by atoms with Crippen LogP contribution >= 0.6 is 0 Å². The molecule has 2 fully saturated rings. The third-order valence-electron chi connectivity index (χ3n) is 3.55. The zero-order valence-corrected chi connectivity index (χ0v) is 10.8. The summed E-state index contributed by atoms with van der Waals surface area (Å²) in [6.07, 6.45) is 10.6. The first-order chi connectivity index (χ1) is 7.84. The fourth-order valence-corrected chi connectivity index (χ4v) is 4.06. The lowest BCUT2D eigenvalue weighted by molar-refractivity contribution is 0.219. The molecular formula is C13H22O2S. The molecule has 0 aromatic heterocycles. The van der Waals surface area contributed by atoms with Crippen LogP contribution in [0.5, 0.6) is 0 Å². The molecule has 2 unspecified atom stereocenters. The molecule has 0 bridgehead atoms. The van der Waals surface area contributed by atoms with Crippen molar-refractivity contribution in [3.05, 3.63) is 11.8 Å². The molecule has 2 rings (SSSR count). The second-order valence-corrected chi connectivity index (χ2v) is 6.58. The Morgan fingerprint density at radius 3 is 2.88 bits per heavy atom. The summed E-state index contributed by atoms with van der Waals surface area (Å²) in [5.74, 6) is 2.46. The first kappa shape index (κ1) is 12.2. The molecule has 0 N–H and O–H groups in total. The van der Waals surface area contributed by atoms with Gasteiger partial charge < -0.3 is 4.74 Å². The van der Waals surface area contributed by atoms with Gasteiger partial charge in [-0.1, -0.05) is 0 Å². The summed E-state index contributed by atoms with van der Waals surface area (Å²) >= 11 is 0. The molecule has 0 spiro atoms. The van der Waals surface area contributed by atoms with Crippen molar-refractivity contribution < 1.29 is 8.95 Å². The van der Waals surface area contributed by atoms with Crippen LogP contribution in [0.1, 0.15) is 44.9 Å². The Hall–Kier alpha value is -0.310. The molecule has 1 aliphatic heterocycles. The standard InChI is InChI=1S/C13H22O2S/c14-16-9-3-6-13(11-16)7-8-15-10-12-4-1-2-5-12/h10,13H,1-9,11H2. The highest BCUT2D eigenvalue weighted by Crippen LogP contribution is 2.24. The van der Waals surface area contributed by atoms with Gasteiger partial charge in [0.1, 0.15) is 0 Å². The van der Waals surface area contributed by atoms with E-state index in [2.05, 4.69) is 0 Å². The minimum absolute atomic E-state index is 0.549. The average molecular weight is 242 g/mol. The van der Waals surface area contributed by atoms with Crippen LogP contribution in [0.25, 0.3) is 0 Å². The molecule has 2 nitrogen and oxygen atoms in total. The van der Waals surface area contributed by atoms with Gasteiger partial charge in [-0.25, -0.2) is 0 Å². The Balaban J connectivity index is 1.60. The lowest BCUT2D eigenvalue weighted by Gasteiger charge is -2.20. The quantitative estimate of drug-likeness (QED) is 0.559. The minimum Gasteiger partial charge on any atom is -0.501 e. The van der Waals surface area contributed by atoms with Gasteiger partial charge in [0.15, 0.2) is 0 Å². The van der Waals surface area contributed by atoms with E-state index in [-0.39, 0.29) is 0 Å². The second-order valence-electron chi connectivity index (χ2n) is 4.96. The van der Waals surface area contributed by atoms with E-state index in [0.717, 1.165) is 31.0 Å². The highest BCUT2D eigenvalue weighted by atomic mass is 32.2. The Labute approximate surface area is 101 Å². The summed E-state index contributed by atoms with van der Waals surface area (Å²) in [5.41, 5.74) is 1.48. The van der Waals surface area contributed by atoms with Crippen LogP contribution in [0.4, 0.5) is 0 Å². The van der Waals surface area contributed by atoms with Crippen molar-refractivity contribution in [2.75, 3.05) is 18.1 Å². The number of ether oxygens (including phenoxy) is 1. The van der Waals surface area contributed by atoms with E-state index < -0.39 is 10.8 Å². The molecule has 1 saturated heterocycles. The summed E-state index contributed by atoms with van der Waals surface area (Å²) < 4.78 is 17.0. The van der Waals surface area contributed by atoms with Crippen LogP contribution in [0, 0.1) is 5.92 Å². The highest BCUT2D eigenvalue weighted by Gasteiger charge is 2.18. The predicted molar refractivity (Wildman–Crippen MR) is 67.7 cm³/mol. The normalized spacial score (nSPS) is 30.4. The van der Waals surface area contributed by atoms with Gasteiger partial charge in [0.25, 0.3) is 0 Å². The third-order valence-corrected chi connectivity index (χ3v) is 5.13. The van der Waals surface area contributed by atoms with E-state index in [4.69, 9.17) is 4.74 Å². The molecule has 2 atom stereocenters. The van der Waals surface area contributed by atoms with Crippen molar-refractivity contribution in [3.63, 3.8) is 0 Å². The van der Waals surface area contributed by atoms with Gasteiger partial charge in [-0.3, -0.25) is 4.21 Å². The van der Waals surface area contributed by atoms with Crippen molar-refractivity contribution in [2.24, 2.45) is 5.92 Å². The van der Waals surface area contributed by atoms with Crippen LogP contribution in [0.15, 0.2) is 11.8 Å². The van der Waals surface area contributed by atoms with Gasteiger partial charge in [0, 0.05) is 22.3 Å². The van der Waals surface area contributed by atoms with Gasteiger partial charge in [-0.05, 0) is 56.4 Å². The number of hydrogen-bond donors (Lipinski definition) is 0. The van der Waals surface area contributed by atoms with Crippen LogP contribution < -0.4 is 0 Å². The number of rotatable bonds is 4. The van der Waals surface area contributed by atoms with Crippen molar-refractivity contribution in [1.82, 2.24) is 0 Å². The van der Waals surface area contributed by atoms with E-state index in [1.807, 2.05) is 6.26 Å². The van der Waals surface area contributed by atoms with Crippen LogP contribution in [-0.4, -0.2) is 22.3 Å². The highest BCUT2D eigenvalue weighted by molar-refractivity contribution is 7.85. The third kappa shape index (κ3) is 3.93. The molecule has 16 heavy (non-hydrogen) atoms. The molecule has 1 aliphatic carbocycles.